The minimum absolute atomic E-state index is 0.0245. The monoisotopic (exact) mass is 594 g/mol. The molecule has 8 rings (SSSR count). The Balaban J connectivity index is 1.27. The minimum atomic E-state index is -0.0245. The molecule has 0 nitrogen and oxygen atoms in total. The van der Waals surface area contributed by atoms with Crippen molar-refractivity contribution >= 4 is 0 Å². The topological polar surface area (TPSA) is 0 Å². The molecule has 0 fully saturated rings. The average molecular weight is 595 g/mol. The van der Waals surface area contributed by atoms with E-state index in [0.717, 1.165) is 0 Å². The lowest BCUT2D eigenvalue weighted by molar-refractivity contribution is 0.659. The summed E-state index contributed by atoms with van der Waals surface area (Å²) in [6.45, 7) is 18.4. The molecule has 0 radical (unpaired) electrons. The molecule has 0 aromatic heterocycles. The first-order chi connectivity index (χ1) is 21.9. The van der Waals surface area contributed by atoms with Gasteiger partial charge < -0.3 is 0 Å². The summed E-state index contributed by atoms with van der Waals surface area (Å²) in [7, 11) is 0. The molecular weight excluding hydrogens is 553 g/mol. The van der Waals surface area contributed by atoms with Crippen molar-refractivity contribution in [2.24, 2.45) is 0 Å². The van der Waals surface area contributed by atoms with Crippen molar-refractivity contribution < 1.29 is 0 Å². The van der Waals surface area contributed by atoms with Gasteiger partial charge in [-0.15, -0.1) is 0 Å². The van der Waals surface area contributed by atoms with Crippen molar-refractivity contribution in [1.29, 1.82) is 0 Å². The third kappa shape index (κ3) is 4.19. The summed E-state index contributed by atoms with van der Waals surface area (Å²) in [6, 6.07) is 41.9. The average Bonchev–Trinajstić information content (AvgIpc) is 3.39. The molecular formula is C46H42. The van der Waals surface area contributed by atoms with Gasteiger partial charge in [-0.3, -0.25) is 0 Å². The van der Waals surface area contributed by atoms with Crippen LogP contribution in [0.3, 0.4) is 0 Å². The maximum absolute atomic E-state index is 2.41. The zero-order valence-corrected chi connectivity index (χ0v) is 28.4. The van der Waals surface area contributed by atoms with Gasteiger partial charge >= 0.3 is 0 Å². The molecule has 0 N–H and O–H groups in total. The molecule has 0 amide bonds. The first kappa shape index (κ1) is 28.8. The Bertz CT molecular complexity index is 2080. The molecule has 0 unspecified atom stereocenters. The van der Waals surface area contributed by atoms with Crippen LogP contribution in [0.15, 0.2) is 109 Å². The van der Waals surface area contributed by atoms with E-state index < -0.39 is 0 Å². The van der Waals surface area contributed by atoms with E-state index in [-0.39, 0.29) is 10.8 Å². The van der Waals surface area contributed by atoms with Gasteiger partial charge in [-0.25, -0.2) is 0 Å². The van der Waals surface area contributed by atoms with Gasteiger partial charge in [0.15, 0.2) is 0 Å². The van der Waals surface area contributed by atoms with E-state index >= 15 is 0 Å². The number of aryl methyl sites for hydroxylation is 4. The zero-order valence-electron chi connectivity index (χ0n) is 28.4. The van der Waals surface area contributed by atoms with Gasteiger partial charge in [-0.2, -0.15) is 0 Å². The summed E-state index contributed by atoms with van der Waals surface area (Å²) >= 11 is 0. The maximum Gasteiger partial charge on any atom is 0.0159 e. The van der Waals surface area contributed by atoms with Crippen LogP contribution in [-0.4, -0.2) is 0 Å². The highest BCUT2D eigenvalue weighted by Crippen LogP contribution is 2.54. The van der Waals surface area contributed by atoms with Crippen LogP contribution in [0.25, 0.3) is 55.6 Å². The molecule has 0 bridgehead atoms. The quantitative estimate of drug-likeness (QED) is 0.191. The summed E-state index contributed by atoms with van der Waals surface area (Å²) in [4.78, 5) is 0. The van der Waals surface area contributed by atoms with Crippen LogP contribution in [0.1, 0.15) is 72.2 Å². The molecule has 0 heteroatoms. The number of fused-ring (bicyclic) bond motifs is 6. The first-order valence-electron chi connectivity index (χ1n) is 16.7. The zero-order chi connectivity index (χ0) is 32.1. The molecule has 0 atom stereocenters. The summed E-state index contributed by atoms with van der Waals surface area (Å²) in [6.07, 6.45) is 0. The van der Waals surface area contributed by atoms with Gasteiger partial charge in [0.25, 0.3) is 0 Å². The lowest BCUT2D eigenvalue weighted by Gasteiger charge is -2.23. The molecule has 0 saturated heterocycles. The van der Waals surface area contributed by atoms with E-state index in [9.17, 15) is 0 Å². The van der Waals surface area contributed by atoms with Gasteiger partial charge in [0, 0.05) is 10.8 Å². The Labute approximate surface area is 274 Å². The molecule has 226 valence electrons. The van der Waals surface area contributed by atoms with Gasteiger partial charge in [0.05, 0.1) is 0 Å². The summed E-state index contributed by atoms with van der Waals surface area (Å²) in [5.74, 6) is 0. The first-order valence-corrected chi connectivity index (χ1v) is 16.7. The second kappa shape index (κ2) is 9.91. The Morgan fingerprint density at radius 1 is 0.326 bits per heavy atom. The SMILES string of the molecule is Cc1ccc2c(c1)C(C)(C)c1cc(C)cc(-c3cccc(-c4cccc(-c5cc(C)cc6c5-c5ccc(C)cc5C6(C)C)c4)c3)c1-2. The molecule has 0 saturated carbocycles. The molecule has 0 spiro atoms. The van der Waals surface area contributed by atoms with Crippen LogP contribution in [0.5, 0.6) is 0 Å². The lowest BCUT2D eigenvalue weighted by Crippen LogP contribution is -2.15. The van der Waals surface area contributed by atoms with Gasteiger partial charge in [-0.05, 0) is 118 Å². The molecule has 2 aliphatic carbocycles. The van der Waals surface area contributed by atoms with E-state index in [2.05, 4.69) is 165 Å². The summed E-state index contributed by atoms with van der Waals surface area (Å²) in [5, 5.41) is 0. The van der Waals surface area contributed by atoms with E-state index in [1.165, 1.54) is 100 Å². The highest BCUT2D eigenvalue weighted by Gasteiger charge is 2.38. The second-order valence-corrected chi connectivity index (χ2v) is 15.0. The van der Waals surface area contributed by atoms with Crippen molar-refractivity contribution in [3.63, 3.8) is 0 Å². The third-order valence-electron chi connectivity index (χ3n) is 10.8. The molecule has 6 aromatic rings. The fourth-order valence-corrected chi connectivity index (χ4v) is 8.40. The lowest BCUT2D eigenvalue weighted by atomic mass is 9.80. The van der Waals surface area contributed by atoms with Crippen LogP contribution in [0.2, 0.25) is 0 Å². The van der Waals surface area contributed by atoms with E-state index in [0.29, 0.717) is 0 Å². The third-order valence-corrected chi connectivity index (χ3v) is 10.8. The van der Waals surface area contributed by atoms with Crippen molar-refractivity contribution in [2.75, 3.05) is 0 Å². The fourth-order valence-electron chi connectivity index (χ4n) is 8.40. The Kier molecular flexibility index (Phi) is 6.20. The molecule has 0 heterocycles. The normalized spacial score (nSPS) is 14.9. The van der Waals surface area contributed by atoms with Crippen LogP contribution >= 0.6 is 0 Å². The number of rotatable bonds is 3. The predicted molar refractivity (Wildman–Crippen MR) is 197 cm³/mol. The standard InChI is InChI=1S/C46H42/c1-27-15-17-35-39(21-27)45(5,6)41-23-29(3)19-37(43(35)41)33-13-9-11-31(25-33)32-12-10-14-34(26-32)38-20-30(4)24-42-44(38)36-18-16-28(2)22-40(36)46(42,7)8/h9-26H,1-8H3. The van der Waals surface area contributed by atoms with Crippen molar-refractivity contribution in [1.82, 2.24) is 0 Å². The highest BCUT2D eigenvalue weighted by atomic mass is 14.4. The van der Waals surface area contributed by atoms with Crippen LogP contribution in [0, 0.1) is 27.7 Å². The van der Waals surface area contributed by atoms with Crippen molar-refractivity contribution in [2.45, 2.75) is 66.2 Å². The van der Waals surface area contributed by atoms with Gasteiger partial charge in [0.1, 0.15) is 0 Å². The Morgan fingerprint density at radius 3 is 1.11 bits per heavy atom. The van der Waals surface area contributed by atoms with Crippen molar-refractivity contribution in [3.8, 4) is 55.6 Å². The van der Waals surface area contributed by atoms with Crippen LogP contribution in [-0.2, 0) is 10.8 Å². The minimum Gasteiger partial charge on any atom is -0.0610 e. The van der Waals surface area contributed by atoms with Crippen LogP contribution < -0.4 is 0 Å². The van der Waals surface area contributed by atoms with E-state index in [4.69, 9.17) is 0 Å². The smallest absolute Gasteiger partial charge is 0.0159 e. The number of hydrogen-bond donors (Lipinski definition) is 0. The number of benzene rings is 6. The van der Waals surface area contributed by atoms with Crippen molar-refractivity contribution in [3.05, 3.63) is 154 Å². The largest absolute Gasteiger partial charge is 0.0610 e. The molecule has 46 heavy (non-hydrogen) atoms. The number of hydrogen-bond acceptors (Lipinski definition) is 0. The molecule has 2 aliphatic rings. The molecule has 6 aromatic carbocycles. The van der Waals surface area contributed by atoms with Gasteiger partial charge in [-0.1, -0.05) is 147 Å². The van der Waals surface area contributed by atoms with E-state index in [1.807, 2.05) is 0 Å². The highest BCUT2D eigenvalue weighted by molar-refractivity contribution is 5.95. The molecule has 0 aliphatic heterocycles. The fraction of sp³-hybridized carbons (Fsp3) is 0.217. The van der Waals surface area contributed by atoms with Crippen LogP contribution in [0.4, 0.5) is 0 Å². The van der Waals surface area contributed by atoms with E-state index in [1.54, 1.807) is 0 Å². The predicted octanol–water partition coefficient (Wildman–Crippen LogP) is 12.5. The second-order valence-electron chi connectivity index (χ2n) is 15.0. The summed E-state index contributed by atoms with van der Waals surface area (Å²) in [5.41, 5.74) is 24.2. The van der Waals surface area contributed by atoms with Gasteiger partial charge in [0.2, 0.25) is 0 Å². The summed E-state index contributed by atoms with van der Waals surface area (Å²) < 4.78 is 0. The Hall–Kier alpha value is -4.68. The Morgan fingerprint density at radius 2 is 0.696 bits per heavy atom. The maximum atomic E-state index is 2.41.